The molecule has 1 N–H and O–H groups in total. The van der Waals surface area contributed by atoms with E-state index in [2.05, 4.69) is 21.3 Å². The fourth-order valence-corrected chi connectivity index (χ4v) is 7.99. The molecular weight excluding hydrogens is 661 g/mol. The maximum Gasteiger partial charge on any atom is 0.219 e. The maximum atomic E-state index is 11.6. The number of benzene rings is 2. The summed E-state index contributed by atoms with van der Waals surface area (Å²) in [5, 5.41) is 4.65. The highest BCUT2D eigenvalue weighted by Gasteiger charge is 2.52. The number of rotatable bonds is 10. The predicted octanol–water partition coefficient (Wildman–Crippen LogP) is 6.73. The second kappa shape index (κ2) is 14.2. The van der Waals surface area contributed by atoms with Gasteiger partial charge in [0.15, 0.2) is 0 Å². The summed E-state index contributed by atoms with van der Waals surface area (Å²) in [6.45, 7) is 8.33. The Morgan fingerprint density at radius 1 is 0.939 bits per heavy atom. The molecule has 0 aliphatic carbocycles. The van der Waals surface area contributed by atoms with E-state index in [1.807, 2.05) is 53.4 Å². The van der Waals surface area contributed by atoms with Crippen LogP contribution in [0.1, 0.15) is 30.9 Å². The molecule has 0 bridgehead atoms. The number of carbonyl (C=O) groups is 1. The molecule has 1 spiro atoms. The third kappa shape index (κ3) is 6.87. The van der Waals surface area contributed by atoms with Gasteiger partial charge in [-0.05, 0) is 31.0 Å². The Morgan fingerprint density at radius 2 is 1.67 bits per heavy atom. The summed E-state index contributed by atoms with van der Waals surface area (Å²) in [7, 11) is 3.33. The average Bonchev–Trinajstić information content (AvgIpc) is 3.08. The molecule has 0 atom stereocenters. The standard InChI is InChI=1S/C38H41Cl2N5O4/c1-24(46)45-22-38(23-45)20-44(21-38)19-27-8-7-25(17-33(27)47-2)36-35(40)30(11-14-41-36)29-5-4-6-31(34(29)39)32-10-9-26(37(43-32)48-3)18-42-28-12-15-49-16-13-28/h4-11,14,17,28,42H,12-13,15-16,18-23H2,1-3H3. The number of halogens is 2. The second-order valence-corrected chi connectivity index (χ2v) is 14.1. The van der Waals surface area contributed by atoms with E-state index < -0.39 is 0 Å². The van der Waals surface area contributed by atoms with E-state index in [4.69, 9.17) is 42.4 Å². The lowest BCUT2D eigenvalue weighted by Crippen LogP contribution is -2.72. The van der Waals surface area contributed by atoms with Gasteiger partial charge in [0, 0.05) is 110 Å². The molecule has 3 aliphatic heterocycles. The number of nitrogens with one attached hydrogen (secondary N) is 1. The number of nitrogens with zero attached hydrogens (tertiary/aromatic N) is 4. The summed E-state index contributed by atoms with van der Waals surface area (Å²) in [6.07, 6.45) is 3.75. The first kappa shape index (κ1) is 33.8. The number of aromatic nitrogens is 2. The van der Waals surface area contributed by atoms with E-state index in [0.717, 1.165) is 97.9 Å². The van der Waals surface area contributed by atoms with Crippen LogP contribution in [-0.2, 0) is 22.6 Å². The van der Waals surface area contributed by atoms with Crippen LogP contribution in [-0.4, -0.2) is 85.3 Å². The summed E-state index contributed by atoms with van der Waals surface area (Å²) in [6, 6.07) is 18.3. The number of ether oxygens (including phenoxy) is 3. The fraction of sp³-hybridized carbons (Fsp3) is 0.395. The number of amides is 1. The number of hydrogen-bond donors (Lipinski definition) is 1. The van der Waals surface area contributed by atoms with Gasteiger partial charge in [-0.15, -0.1) is 0 Å². The molecule has 49 heavy (non-hydrogen) atoms. The van der Waals surface area contributed by atoms with Gasteiger partial charge in [0.1, 0.15) is 5.75 Å². The molecule has 0 radical (unpaired) electrons. The largest absolute Gasteiger partial charge is 0.496 e. The molecule has 0 saturated carbocycles. The maximum absolute atomic E-state index is 11.6. The van der Waals surface area contributed by atoms with E-state index >= 15 is 0 Å². The first-order chi connectivity index (χ1) is 23.8. The van der Waals surface area contributed by atoms with E-state index in [0.29, 0.717) is 39.9 Å². The Bertz CT molecular complexity index is 1850. The molecule has 1 amide bonds. The van der Waals surface area contributed by atoms with Crippen molar-refractivity contribution in [2.45, 2.75) is 38.9 Å². The third-order valence-electron chi connectivity index (χ3n) is 9.96. The van der Waals surface area contributed by atoms with Crippen molar-refractivity contribution in [2.24, 2.45) is 5.41 Å². The lowest BCUT2D eigenvalue weighted by Gasteiger charge is -2.60. The van der Waals surface area contributed by atoms with Gasteiger partial charge in [0.25, 0.3) is 0 Å². The summed E-state index contributed by atoms with van der Waals surface area (Å²) < 4.78 is 17.0. The summed E-state index contributed by atoms with van der Waals surface area (Å²) in [5.74, 6) is 1.51. The highest BCUT2D eigenvalue weighted by atomic mass is 35.5. The molecule has 3 aliphatic rings. The molecule has 7 rings (SSSR count). The summed E-state index contributed by atoms with van der Waals surface area (Å²) >= 11 is 14.2. The fourth-order valence-electron chi connectivity index (χ4n) is 7.34. The van der Waals surface area contributed by atoms with Crippen LogP contribution in [0.25, 0.3) is 33.6 Å². The van der Waals surface area contributed by atoms with Crippen LogP contribution in [0.4, 0.5) is 0 Å². The number of pyridine rings is 2. The Kier molecular flexibility index (Phi) is 9.81. The van der Waals surface area contributed by atoms with Gasteiger partial charge >= 0.3 is 0 Å². The van der Waals surface area contributed by atoms with Crippen molar-refractivity contribution in [3.8, 4) is 45.3 Å². The van der Waals surface area contributed by atoms with E-state index in [1.54, 1.807) is 27.3 Å². The van der Waals surface area contributed by atoms with Crippen LogP contribution in [0, 0.1) is 5.41 Å². The first-order valence-electron chi connectivity index (χ1n) is 16.7. The zero-order chi connectivity index (χ0) is 34.1. The van der Waals surface area contributed by atoms with Crippen molar-refractivity contribution in [1.82, 2.24) is 25.1 Å². The normalized spacial score (nSPS) is 17.4. The minimum absolute atomic E-state index is 0.157. The molecule has 2 aromatic heterocycles. The molecular formula is C38H41Cl2N5O4. The Morgan fingerprint density at radius 3 is 2.41 bits per heavy atom. The van der Waals surface area contributed by atoms with Crippen molar-refractivity contribution in [3.05, 3.63) is 82.0 Å². The SMILES string of the molecule is COc1cc(-c2nccc(-c3cccc(-c4ccc(CNC5CCOCC5)c(OC)n4)c3Cl)c2Cl)ccc1CN1CC2(C1)CN(C(C)=O)C2. The monoisotopic (exact) mass is 701 g/mol. The second-order valence-electron chi connectivity index (χ2n) is 13.4. The van der Waals surface area contributed by atoms with Crippen LogP contribution in [0.15, 0.2) is 60.8 Å². The highest BCUT2D eigenvalue weighted by molar-refractivity contribution is 6.39. The number of likely N-dealkylation sites (tertiary alicyclic amines) is 2. The number of methoxy groups -OCH3 is 2. The van der Waals surface area contributed by atoms with E-state index in [1.165, 1.54) is 0 Å². The van der Waals surface area contributed by atoms with Crippen LogP contribution >= 0.6 is 23.2 Å². The topological polar surface area (TPSA) is 89.0 Å². The third-order valence-corrected chi connectivity index (χ3v) is 10.7. The molecule has 9 nitrogen and oxygen atoms in total. The van der Waals surface area contributed by atoms with E-state index in [9.17, 15) is 4.79 Å². The zero-order valence-corrected chi connectivity index (χ0v) is 29.6. The van der Waals surface area contributed by atoms with Gasteiger partial charge in [-0.25, -0.2) is 4.98 Å². The van der Waals surface area contributed by atoms with Crippen LogP contribution in [0.3, 0.4) is 0 Å². The minimum atomic E-state index is 0.157. The molecule has 4 aromatic rings. The van der Waals surface area contributed by atoms with Crippen LogP contribution < -0.4 is 14.8 Å². The molecule has 3 fully saturated rings. The van der Waals surface area contributed by atoms with Crippen LogP contribution in [0.5, 0.6) is 11.6 Å². The first-order valence-corrected chi connectivity index (χ1v) is 17.5. The van der Waals surface area contributed by atoms with Gasteiger partial charge in [-0.1, -0.05) is 59.6 Å². The van der Waals surface area contributed by atoms with Gasteiger partial charge in [0.05, 0.1) is 35.7 Å². The molecule has 0 unspecified atom stereocenters. The van der Waals surface area contributed by atoms with Crippen molar-refractivity contribution < 1.29 is 19.0 Å². The molecule has 256 valence electrons. The summed E-state index contributed by atoms with van der Waals surface area (Å²) in [4.78, 5) is 25.5. The highest BCUT2D eigenvalue weighted by Crippen LogP contribution is 2.44. The average molecular weight is 703 g/mol. The van der Waals surface area contributed by atoms with Crippen molar-refractivity contribution in [1.29, 1.82) is 0 Å². The van der Waals surface area contributed by atoms with Gasteiger partial charge < -0.3 is 24.4 Å². The van der Waals surface area contributed by atoms with E-state index in [-0.39, 0.29) is 11.3 Å². The Hall–Kier alpha value is -3.73. The van der Waals surface area contributed by atoms with Gasteiger partial charge in [0.2, 0.25) is 11.8 Å². The Balaban J connectivity index is 1.09. The van der Waals surface area contributed by atoms with Crippen molar-refractivity contribution >= 4 is 29.1 Å². The predicted molar refractivity (Wildman–Crippen MR) is 192 cm³/mol. The molecule has 5 heterocycles. The lowest BCUT2D eigenvalue weighted by atomic mass is 9.72. The summed E-state index contributed by atoms with van der Waals surface area (Å²) in [5.41, 5.74) is 6.90. The zero-order valence-electron chi connectivity index (χ0n) is 28.1. The minimum Gasteiger partial charge on any atom is -0.496 e. The Labute approximate surface area is 297 Å². The number of hydrogen-bond acceptors (Lipinski definition) is 8. The quantitative estimate of drug-likeness (QED) is 0.195. The lowest BCUT2D eigenvalue weighted by molar-refractivity contribution is -0.157. The van der Waals surface area contributed by atoms with Gasteiger partial charge in [-0.3, -0.25) is 14.7 Å². The molecule has 3 saturated heterocycles. The molecule has 2 aromatic carbocycles. The molecule has 11 heteroatoms. The van der Waals surface area contributed by atoms with Crippen molar-refractivity contribution in [2.75, 3.05) is 53.6 Å². The van der Waals surface area contributed by atoms with Crippen LogP contribution in [0.2, 0.25) is 10.0 Å². The smallest absolute Gasteiger partial charge is 0.219 e. The number of carbonyl (C=O) groups excluding carboxylic acids is 1. The van der Waals surface area contributed by atoms with Gasteiger partial charge in [-0.2, -0.15) is 0 Å². The van der Waals surface area contributed by atoms with Crippen molar-refractivity contribution in [3.63, 3.8) is 0 Å².